The molecule has 0 spiro atoms. The molecule has 0 unspecified atom stereocenters. The predicted molar refractivity (Wildman–Crippen MR) is 101 cm³/mol. The number of oxime groups is 1. The van der Waals surface area contributed by atoms with Gasteiger partial charge in [-0.25, -0.2) is 15.0 Å². The quantitative estimate of drug-likeness (QED) is 0.324. The zero-order chi connectivity index (χ0) is 18.5. The first-order valence-corrected chi connectivity index (χ1v) is 8.40. The van der Waals surface area contributed by atoms with Gasteiger partial charge in [-0.05, 0) is 41.5 Å². The second-order valence-corrected chi connectivity index (χ2v) is 5.97. The summed E-state index contributed by atoms with van der Waals surface area (Å²) in [6.45, 7) is 0.928. The van der Waals surface area contributed by atoms with Crippen molar-refractivity contribution in [3.8, 4) is 5.69 Å². The lowest BCUT2D eigenvalue weighted by Gasteiger charge is -2.08. The summed E-state index contributed by atoms with van der Waals surface area (Å²) in [5.41, 5.74) is 5.52. The first-order valence-electron chi connectivity index (χ1n) is 8.40. The highest BCUT2D eigenvalue weighted by molar-refractivity contribution is 5.87. The molecule has 0 saturated heterocycles. The molecule has 0 bridgehead atoms. The second-order valence-electron chi connectivity index (χ2n) is 5.97. The van der Waals surface area contributed by atoms with Crippen molar-refractivity contribution < 1.29 is 9.94 Å². The highest BCUT2D eigenvalue weighted by Gasteiger charge is 2.06. The number of ether oxygens (including phenoxy) is 1. The van der Waals surface area contributed by atoms with E-state index in [-0.39, 0.29) is 0 Å². The number of nitrogens with zero attached hydrogens (tertiary/aromatic N) is 5. The molecule has 0 aliphatic rings. The molecule has 0 amide bonds. The molecule has 2 aromatic heterocycles. The van der Waals surface area contributed by atoms with Gasteiger partial charge < -0.3 is 9.94 Å². The molecule has 27 heavy (non-hydrogen) atoms. The van der Waals surface area contributed by atoms with Crippen molar-refractivity contribution in [1.29, 1.82) is 0 Å². The minimum absolute atomic E-state index is 0.440. The molecular weight excluding hydrogens is 342 g/mol. The molecule has 7 heteroatoms. The number of imidazole rings is 1. The van der Waals surface area contributed by atoms with Crippen LogP contribution in [0.1, 0.15) is 16.8 Å². The minimum Gasteiger partial charge on any atom is -0.411 e. The molecule has 2 heterocycles. The monoisotopic (exact) mass is 359 g/mol. The standard InChI is InChI=1S/C20H17N5O2/c26-24-10-15-4-5-20-19(9-15)23-14-25(20)18-3-1-2-16(8-18)11-27-12-17-6-7-21-13-22-17/h1-10,13-14,26H,11-12H2. The zero-order valence-corrected chi connectivity index (χ0v) is 14.4. The van der Waals surface area contributed by atoms with E-state index in [1.807, 2.05) is 47.0 Å². The van der Waals surface area contributed by atoms with Crippen LogP contribution in [0.4, 0.5) is 0 Å². The van der Waals surface area contributed by atoms with Gasteiger partial charge in [-0.15, -0.1) is 0 Å². The van der Waals surface area contributed by atoms with E-state index in [2.05, 4.69) is 26.2 Å². The number of fused-ring (bicyclic) bond motifs is 1. The lowest BCUT2D eigenvalue weighted by Crippen LogP contribution is -1.98. The summed E-state index contributed by atoms with van der Waals surface area (Å²) in [6.07, 6.45) is 6.38. The maximum atomic E-state index is 8.67. The van der Waals surface area contributed by atoms with Crippen LogP contribution in [-0.4, -0.2) is 30.9 Å². The molecule has 0 fully saturated rings. The molecule has 4 rings (SSSR count). The summed E-state index contributed by atoms with van der Waals surface area (Å²) < 4.78 is 7.77. The summed E-state index contributed by atoms with van der Waals surface area (Å²) >= 11 is 0. The third-order valence-corrected chi connectivity index (χ3v) is 4.13. The van der Waals surface area contributed by atoms with E-state index in [0.29, 0.717) is 13.2 Å². The third kappa shape index (κ3) is 3.83. The highest BCUT2D eigenvalue weighted by atomic mass is 16.5. The van der Waals surface area contributed by atoms with Crippen LogP contribution in [0.15, 0.2) is 72.5 Å². The van der Waals surface area contributed by atoms with Crippen LogP contribution in [0.25, 0.3) is 16.7 Å². The Morgan fingerprint density at radius 1 is 1.07 bits per heavy atom. The van der Waals surface area contributed by atoms with Crippen LogP contribution >= 0.6 is 0 Å². The molecule has 0 aliphatic carbocycles. The van der Waals surface area contributed by atoms with Gasteiger partial charge in [0.2, 0.25) is 0 Å². The first kappa shape index (κ1) is 16.9. The van der Waals surface area contributed by atoms with Crippen LogP contribution in [0.3, 0.4) is 0 Å². The Labute approximate surface area is 155 Å². The van der Waals surface area contributed by atoms with Gasteiger partial charge in [0.25, 0.3) is 0 Å². The van der Waals surface area contributed by atoms with Crippen LogP contribution in [0, 0.1) is 0 Å². The molecule has 7 nitrogen and oxygen atoms in total. The molecule has 4 aromatic rings. The van der Waals surface area contributed by atoms with Crippen molar-refractivity contribution in [2.75, 3.05) is 0 Å². The second kappa shape index (κ2) is 7.76. The highest BCUT2D eigenvalue weighted by Crippen LogP contribution is 2.20. The first-order chi connectivity index (χ1) is 13.3. The van der Waals surface area contributed by atoms with E-state index in [1.54, 1.807) is 12.5 Å². The van der Waals surface area contributed by atoms with Crippen molar-refractivity contribution in [3.05, 3.63) is 84.2 Å². The Balaban J connectivity index is 1.53. The number of aromatic nitrogens is 4. The molecule has 2 aromatic carbocycles. The maximum absolute atomic E-state index is 8.67. The average molecular weight is 359 g/mol. The van der Waals surface area contributed by atoms with E-state index in [9.17, 15) is 0 Å². The van der Waals surface area contributed by atoms with E-state index >= 15 is 0 Å². The number of benzene rings is 2. The van der Waals surface area contributed by atoms with Gasteiger partial charge in [-0.1, -0.05) is 23.4 Å². The van der Waals surface area contributed by atoms with Gasteiger partial charge in [0.1, 0.15) is 12.7 Å². The van der Waals surface area contributed by atoms with Gasteiger partial charge in [0.15, 0.2) is 0 Å². The van der Waals surface area contributed by atoms with Crippen molar-refractivity contribution in [3.63, 3.8) is 0 Å². The van der Waals surface area contributed by atoms with E-state index < -0.39 is 0 Å². The maximum Gasteiger partial charge on any atom is 0.115 e. The van der Waals surface area contributed by atoms with Gasteiger partial charge in [-0.2, -0.15) is 0 Å². The van der Waals surface area contributed by atoms with E-state index in [0.717, 1.165) is 33.5 Å². The fraction of sp³-hybridized carbons (Fsp3) is 0.100. The smallest absolute Gasteiger partial charge is 0.115 e. The lowest BCUT2D eigenvalue weighted by atomic mass is 10.2. The molecular formula is C20H17N5O2. The Morgan fingerprint density at radius 3 is 2.89 bits per heavy atom. The van der Waals surface area contributed by atoms with Crippen molar-refractivity contribution >= 4 is 17.2 Å². The lowest BCUT2D eigenvalue weighted by molar-refractivity contribution is 0.104. The molecule has 0 radical (unpaired) electrons. The van der Waals surface area contributed by atoms with E-state index in [4.69, 9.17) is 9.94 Å². The molecule has 0 atom stereocenters. The average Bonchev–Trinajstić information content (AvgIpc) is 3.13. The van der Waals surface area contributed by atoms with Crippen LogP contribution in [0.5, 0.6) is 0 Å². The Kier molecular flexibility index (Phi) is 4.84. The van der Waals surface area contributed by atoms with Crippen LogP contribution in [-0.2, 0) is 18.0 Å². The van der Waals surface area contributed by atoms with Crippen LogP contribution < -0.4 is 0 Å². The largest absolute Gasteiger partial charge is 0.411 e. The fourth-order valence-electron chi connectivity index (χ4n) is 2.86. The van der Waals surface area contributed by atoms with Crippen molar-refractivity contribution in [2.24, 2.45) is 5.16 Å². The molecule has 0 saturated carbocycles. The predicted octanol–water partition coefficient (Wildman–Crippen LogP) is 3.34. The van der Waals surface area contributed by atoms with Gasteiger partial charge in [0.05, 0.1) is 36.2 Å². The minimum atomic E-state index is 0.440. The van der Waals surface area contributed by atoms with Gasteiger partial charge in [-0.3, -0.25) is 4.57 Å². The van der Waals surface area contributed by atoms with Gasteiger partial charge in [0, 0.05) is 11.9 Å². The Bertz CT molecular complexity index is 1080. The molecule has 134 valence electrons. The molecule has 1 N–H and O–H groups in total. The Morgan fingerprint density at radius 2 is 2.04 bits per heavy atom. The normalized spacial score (nSPS) is 11.4. The zero-order valence-electron chi connectivity index (χ0n) is 14.4. The van der Waals surface area contributed by atoms with Gasteiger partial charge >= 0.3 is 0 Å². The fourth-order valence-corrected chi connectivity index (χ4v) is 2.86. The number of hydrogen-bond acceptors (Lipinski definition) is 6. The van der Waals surface area contributed by atoms with Crippen LogP contribution in [0.2, 0.25) is 0 Å². The summed E-state index contributed by atoms with van der Waals surface area (Å²) in [4.78, 5) is 12.5. The summed E-state index contributed by atoms with van der Waals surface area (Å²) in [6, 6.07) is 15.7. The number of hydrogen-bond donors (Lipinski definition) is 1. The van der Waals surface area contributed by atoms with E-state index in [1.165, 1.54) is 12.5 Å². The van der Waals surface area contributed by atoms with Crippen molar-refractivity contribution in [2.45, 2.75) is 13.2 Å². The summed E-state index contributed by atoms with van der Waals surface area (Å²) in [7, 11) is 0. The molecule has 0 aliphatic heterocycles. The summed E-state index contributed by atoms with van der Waals surface area (Å²) in [5, 5.41) is 11.7. The number of rotatable bonds is 6. The summed E-state index contributed by atoms with van der Waals surface area (Å²) in [5.74, 6) is 0. The topological polar surface area (TPSA) is 85.4 Å². The van der Waals surface area contributed by atoms with Crippen molar-refractivity contribution in [1.82, 2.24) is 19.5 Å². The third-order valence-electron chi connectivity index (χ3n) is 4.13. The SMILES string of the molecule is ON=Cc1ccc2c(c1)ncn2-c1cccc(COCc2ccncn2)c1. The Hall–Kier alpha value is -3.58.